The number of hydrogen-bond donors (Lipinski definition) is 1. The molecule has 2 N–H and O–H groups in total. The zero-order chi connectivity index (χ0) is 15.2. The van der Waals surface area contributed by atoms with Gasteiger partial charge in [0.25, 0.3) is 0 Å². The Balaban J connectivity index is 1.98. The van der Waals surface area contributed by atoms with E-state index in [1.54, 1.807) is 0 Å². The number of nitrogen functional groups attached to an aromatic ring is 1. The molecule has 112 valence electrons. The lowest BCUT2D eigenvalue weighted by Crippen LogP contribution is -2.14. The van der Waals surface area contributed by atoms with Gasteiger partial charge in [-0.2, -0.15) is 9.97 Å². The van der Waals surface area contributed by atoms with E-state index in [1.807, 2.05) is 0 Å². The Kier molecular flexibility index (Phi) is 3.47. The fourth-order valence-corrected chi connectivity index (χ4v) is 2.54. The predicted octanol–water partition coefficient (Wildman–Crippen LogP) is 3.82. The zero-order valence-electron chi connectivity index (χ0n) is 11.4. The summed E-state index contributed by atoms with van der Waals surface area (Å²) in [6, 6.07) is 1.13. The van der Waals surface area contributed by atoms with Crippen LogP contribution in [0.15, 0.2) is 10.5 Å². The normalized spacial score (nSPS) is 16.2. The van der Waals surface area contributed by atoms with E-state index in [2.05, 4.69) is 32.8 Å². The first-order valence-corrected chi connectivity index (χ1v) is 7.48. The Labute approximate surface area is 128 Å². The summed E-state index contributed by atoms with van der Waals surface area (Å²) < 4.78 is 32.9. The molecule has 3 rings (SSSR count). The van der Waals surface area contributed by atoms with Gasteiger partial charge < -0.3 is 10.5 Å². The van der Waals surface area contributed by atoms with Crippen LogP contribution in [0.3, 0.4) is 0 Å². The maximum Gasteiger partial charge on any atom is 0.319 e. The van der Waals surface area contributed by atoms with Gasteiger partial charge in [-0.15, -0.1) is 0 Å². The summed E-state index contributed by atoms with van der Waals surface area (Å²) >= 11 is 2.85. The topological polar surface area (TPSA) is 61.0 Å². The van der Waals surface area contributed by atoms with Crippen LogP contribution in [-0.2, 0) is 0 Å². The molecule has 0 aliphatic heterocycles. The first kappa shape index (κ1) is 14.4. The number of nitrogens with two attached hydrogens (primary N) is 1. The fraction of sp³-hybridized carbons (Fsp3) is 0.429. The van der Waals surface area contributed by atoms with Crippen LogP contribution in [-0.4, -0.2) is 16.6 Å². The minimum Gasteiger partial charge on any atom is -0.463 e. The van der Waals surface area contributed by atoms with E-state index in [4.69, 9.17) is 10.5 Å². The summed E-state index contributed by atoms with van der Waals surface area (Å²) in [5.41, 5.74) is 5.89. The van der Waals surface area contributed by atoms with Crippen molar-refractivity contribution in [3.63, 3.8) is 0 Å². The van der Waals surface area contributed by atoms with Crippen LogP contribution >= 0.6 is 15.9 Å². The van der Waals surface area contributed by atoms with Gasteiger partial charge in [-0.3, -0.25) is 0 Å². The molecule has 1 aromatic carbocycles. The van der Waals surface area contributed by atoms with E-state index in [0.717, 1.165) is 25.3 Å². The van der Waals surface area contributed by atoms with Crippen molar-refractivity contribution in [1.29, 1.82) is 0 Å². The lowest BCUT2D eigenvalue weighted by atomic mass is 10.1. The Morgan fingerprint density at radius 2 is 2.10 bits per heavy atom. The average molecular weight is 358 g/mol. The number of ether oxygens (including phenoxy) is 1. The van der Waals surface area contributed by atoms with Gasteiger partial charge in [0, 0.05) is 10.8 Å². The molecule has 1 saturated carbocycles. The summed E-state index contributed by atoms with van der Waals surface area (Å²) in [4.78, 5) is 7.99. The van der Waals surface area contributed by atoms with Crippen molar-refractivity contribution in [3.05, 3.63) is 22.2 Å². The van der Waals surface area contributed by atoms with Gasteiger partial charge >= 0.3 is 6.01 Å². The van der Waals surface area contributed by atoms with E-state index in [-0.39, 0.29) is 32.6 Å². The molecule has 0 spiro atoms. The lowest BCUT2D eigenvalue weighted by molar-refractivity contribution is 0.214. The third-order valence-corrected chi connectivity index (χ3v) is 4.78. The third kappa shape index (κ3) is 2.54. The van der Waals surface area contributed by atoms with Crippen molar-refractivity contribution in [2.45, 2.75) is 26.2 Å². The summed E-state index contributed by atoms with van der Waals surface area (Å²) in [7, 11) is 0. The number of aromatic nitrogens is 2. The number of halogens is 3. The summed E-state index contributed by atoms with van der Waals surface area (Å²) in [6.07, 6.45) is 3.23. The number of hydrogen-bond acceptors (Lipinski definition) is 4. The minimum atomic E-state index is -0.805. The molecule has 1 aliphatic rings. The number of fused-ring (bicyclic) bond motifs is 1. The Hall–Kier alpha value is -1.50. The second-order valence-electron chi connectivity index (χ2n) is 5.42. The Bertz CT molecular complexity index is 719. The molecule has 21 heavy (non-hydrogen) atoms. The average Bonchev–Trinajstić information content (AvgIpc) is 3.25. The van der Waals surface area contributed by atoms with Crippen molar-refractivity contribution in [3.8, 4) is 6.01 Å². The molecule has 1 heterocycles. The molecule has 7 heteroatoms. The molecule has 0 bridgehead atoms. The summed E-state index contributed by atoms with van der Waals surface area (Å²) in [5, 5.41) is 0.136. The molecule has 2 aromatic rings. The van der Waals surface area contributed by atoms with Crippen molar-refractivity contribution in [2.75, 3.05) is 12.3 Å². The molecule has 1 fully saturated rings. The number of anilines is 1. The predicted molar refractivity (Wildman–Crippen MR) is 79.0 cm³/mol. The van der Waals surface area contributed by atoms with Crippen LogP contribution in [0.2, 0.25) is 0 Å². The van der Waals surface area contributed by atoms with Crippen LogP contribution in [0.4, 0.5) is 14.6 Å². The van der Waals surface area contributed by atoms with Gasteiger partial charge in [0.2, 0.25) is 0 Å². The van der Waals surface area contributed by atoms with Crippen LogP contribution in [0, 0.1) is 17.0 Å². The summed E-state index contributed by atoms with van der Waals surface area (Å²) in [6.45, 7) is 2.59. The third-order valence-electron chi connectivity index (χ3n) is 4.05. The number of benzene rings is 1. The van der Waals surface area contributed by atoms with Crippen LogP contribution in [0.5, 0.6) is 6.01 Å². The van der Waals surface area contributed by atoms with Crippen LogP contribution in [0.1, 0.15) is 26.2 Å². The van der Waals surface area contributed by atoms with Gasteiger partial charge in [-0.25, -0.2) is 8.78 Å². The quantitative estimate of drug-likeness (QED) is 0.844. The van der Waals surface area contributed by atoms with Crippen LogP contribution < -0.4 is 10.5 Å². The second-order valence-corrected chi connectivity index (χ2v) is 6.21. The summed E-state index contributed by atoms with van der Waals surface area (Å²) in [5.74, 6) is -1.55. The molecule has 0 radical (unpaired) electrons. The van der Waals surface area contributed by atoms with Gasteiger partial charge in [0.05, 0.1) is 11.1 Å². The highest BCUT2D eigenvalue weighted by atomic mass is 79.9. The SMILES string of the molecule is CCC1(COc2nc(N)c3cc(F)c(Br)c(F)c3n2)CC1. The largest absolute Gasteiger partial charge is 0.463 e. The maximum absolute atomic E-state index is 14.1. The molecular weight excluding hydrogens is 344 g/mol. The maximum atomic E-state index is 14.1. The molecular formula is C14H14BrF2N3O. The minimum absolute atomic E-state index is 0.00152. The lowest BCUT2D eigenvalue weighted by Gasteiger charge is -2.13. The van der Waals surface area contributed by atoms with Gasteiger partial charge in [0.15, 0.2) is 5.82 Å². The van der Waals surface area contributed by atoms with E-state index in [1.165, 1.54) is 0 Å². The fourth-order valence-electron chi connectivity index (χ4n) is 2.23. The Morgan fingerprint density at radius 1 is 1.38 bits per heavy atom. The monoisotopic (exact) mass is 357 g/mol. The van der Waals surface area contributed by atoms with Crippen molar-refractivity contribution in [2.24, 2.45) is 5.41 Å². The standard InChI is InChI=1S/C14H14BrF2N3O/c1-2-14(3-4-14)6-21-13-19-11-7(12(18)20-13)5-8(16)9(15)10(11)17/h5H,2-4,6H2,1H3,(H2,18,19,20). The first-order valence-electron chi connectivity index (χ1n) is 6.69. The van der Waals surface area contributed by atoms with Crippen molar-refractivity contribution in [1.82, 2.24) is 9.97 Å². The van der Waals surface area contributed by atoms with Gasteiger partial charge in [-0.1, -0.05) is 6.92 Å². The highest BCUT2D eigenvalue weighted by Gasteiger charge is 2.41. The van der Waals surface area contributed by atoms with E-state index < -0.39 is 11.6 Å². The Morgan fingerprint density at radius 3 is 2.71 bits per heavy atom. The highest BCUT2D eigenvalue weighted by molar-refractivity contribution is 9.10. The van der Waals surface area contributed by atoms with Gasteiger partial charge in [-0.05, 0) is 41.3 Å². The molecule has 0 atom stereocenters. The zero-order valence-corrected chi connectivity index (χ0v) is 13.0. The first-order chi connectivity index (χ1) is 9.96. The van der Waals surface area contributed by atoms with E-state index >= 15 is 0 Å². The molecule has 1 aromatic heterocycles. The molecule has 1 aliphatic carbocycles. The van der Waals surface area contributed by atoms with Crippen molar-refractivity contribution < 1.29 is 13.5 Å². The van der Waals surface area contributed by atoms with Crippen molar-refractivity contribution >= 4 is 32.7 Å². The van der Waals surface area contributed by atoms with E-state index in [9.17, 15) is 8.78 Å². The number of rotatable bonds is 4. The second kappa shape index (κ2) is 5.05. The van der Waals surface area contributed by atoms with Gasteiger partial charge in [0.1, 0.15) is 17.2 Å². The van der Waals surface area contributed by atoms with Crippen LogP contribution in [0.25, 0.3) is 10.9 Å². The molecule has 0 amide bonds. The van der Waals surface area contributed by atoms with E-state index in [0.29, 0.717) is 6.61 Å². The molecule has 0 saturated heterocycles. The molecule has 4 nitrogen and oxygen atoms in total. The molecule has 0 unspecified atom stereocenters. The highest BCUT2D eigenvalue weighted by Crippen LogP contribution is 2.48. The number of nitrogens with zero attached hydrogens (tertiary/aromatic N) is 2. The smallest absolute Gasteiger partial charge is 0.319 e.